The molecule has 1 aromatic heterocycles. The van der Waals surface area contributed by atoms with Crippen LogP contribution in [0.15, 0.2) is 18.7 Å². The Hall–Kier alpha value is -0.960. The second kappa shape index (κ2) is 4.91. The molecule has 0 spiro atoms. The molecule has 1 heterocycles. The molecule has 3 atom stereocenters. The molecule has 0 amide bonds. The predicted molar refractivity (Wildman–Crippen MR) is 62.7 cm³/mol. The third-order valence-corrected chi connectivity index (χ3v) is 3.58. The number of aliphatic hydroxyl groups is 1. The maximum atomic E-state index is 10.3. The van der Waals surface area contributed by atoms with E-state index in [1.54, 1.807) is 12.4 Å². The van der Waals surface area contributed by atoms with Crippen molar-refractivity contribution in [3.63, 3.8) is 0 Å². The van der Waals surface area contributed by atoms with Crippen LogP contribution in [-0.2, 0) is 0 Å². The highest BCUT2D eigenvalue weighted by atomic mass is 16.3. The fourth-order valence-corrected chi connectivity index (χ4v) is 3.00. The van der Waals surface area contributed by atoms with Crippen molar-refractivity contribution >= 4 is 0 Å². The molecule has 1 fully saturated rings. The van der Waals surface area contributed by atoms with E-state index in [2.05, 4.69) is 23.8 Å². The van der Waals surface area contributed by atoms with Gasteiger partial charge in [0.1, 0.15) is 6.33 Å². The summed E-state index contributed by atoms with van der Waals surface area (Å²) < 4.78 is 0. The lowest BCUT2D eigenvalue weighted by Gasteiger charge is -2.34. The molecule has 0 bridgehead atoms. The molecule has 0 aromatic carbocycles. The Morgan fingerprint density at radius 1 is 1.12 bits per heavy atom. The largest absolute Gasteiger partial charge is 0.388 e. The smallest absolute Gasteiger partial charge is 0.115 e. The first-order valence-electron chi connectivity index (χ1n) is 6.09. The van der Waals surface area contributed by atoms with Gasteiger partial charge in [-0.15, -0.1) is 0 Å². The topological polar surface area (TPSA) is 46.0 Å². The van der Waals surface area contributed by atoms with Crippen LogP contribution in [0.1, 0.15) is 44.8 Å². The third kappa shape index (κ3) is 2.59. The van der Waals surface area contributed by atoms with Gasteiger partial charge in [-0.1, -0.05) is 13.8 Å². The molecule has 3 unspecified atom stereocenters. The molecule has 0 saturated heterocycles. The van der Waals surface area contributed by atoms with Crippen LogP contribution in [0.2, 0.25) is 0 Å². The van der Waals surface area contributed by atoms with Crippen LogP contribution in [0, 0.1) is 17.8 Å². The first kappa shape index (κ1) is 11.5. The molecule has 1 saturated carbocycles. The fourth-order valence-electron chi connectivity index (χ4n) is 3.00. The summed E-state index contributed by atoms with van der Waals surface area (Å²) in [5.41, 5.74) is 0.855. The third-order valence-electron chi connectivity index (χ3n) is 3.58. The van der Waals surface area contributed by atoms with E-state index in [0.717, 1.165) is 18.4 Å². The number of aliphatic hydroxyl groups excluding tert-OH is 1. The SMILES string of the molecule is CC1CC(C)CC(C(O)c2cncnc2)C1. The molecule has 1 aliphatic rings. The van der Waals surface area contributed by atoms with Crippen LogP contribution in [0.3, 0.4) is 0 Å². The normalized spacial score (nSPS) is 32.3. The lowest BCUT2D eigenvalue weighted by molar-refractivity contribution is 0.0547. The molecule has 3 heteroatoms. The number of aromatic nitrogens is 2. The summed E-state index contributed by atoms with van der Waals surface area (Å²) in [6.45, 7) is 4.55. The summed E-state index contributed by atoms with van der Waals surface area (Å²) in [7, 11) is 0. The highest BCUT2D eigenvalue weighted by Crippen LogP contribution is 2.39. The predicted octanol–water partition coefficient (Wildman–Crippen LogP) is 2.58. The van der Waals surface area contributed by atoms with Crippen LogP contribution < -0.4 is 0 Å². The van der Waals surface area contributed by atoms with Gasteiger partial charge in [-0.25, -0.2) is 9.97 Å². The monoisotopic (exact) mass is 220 g/mol. The van der Waals surface area contributed by atoms with Gasteiger partial charge >= 0.3 is 0 Å². The van der Waals surface area contributed by atoms with Crippen LogP contribution in [-0.4, -0.2) is 15.1 Å². The first-order valence-corrected chi connectivity index (χ1v) is 6.09. The minimum absolute atomic E-state index is 0.366. The lowest BCUT2D eigenvalue weighted by atomic mass is 9.73. The van der Waals surface area contributed by atoms with Gasteiger partial charge in [-0.2, -0.15) is 0 Å². The van der Waals surface area contributed by atoms with E-state index in [1.807, 2.05) is 0 Å². The fraction of sp³-hybridized carbons (Fsp3) is 0.692. The Bertz CT molecular complexity index is 318. The summed E-state index contributed by atoms with van der Waals surface area (Å²) in [6.07, 6.45) is 8.06. The highest BCUT2D eigenvalue weighted by Gasteiger charge is 2.29. The Labute approximate surface area is 96.9 Å². The van der Waals surface area contributed by atoms with Gasteiger partial charge in [0, 0.05) is 18.0 Å². The van der Waals surface area contributed by atoms with E-state index in [0.29, 0.717) is 17.8 Å². The van der Waals surface area contributed by atoms with Crippen molar-refractivity contribution in [2.75, 3.05) is 0 Å². The van der Waals surface area contributed by atoms with Crippen molar-refractivity contribution in [3.8, 4) is 0 Å². The number of nitrogens with zero attached hydrogens (tertiary/aromatic N) is 2. The zero-order valence-corrected chi connectivity index (χ0v) is 10.0. The Morgan fingerprint density at radius 2 is 1.69 bits per heavy atom. The van der Waals surface area contributed by atoms with Crippen molar-refractivity contribution in [3.05, 3.63) is 24.3 Å². The average Bonchev–Trinajstić information content (AvgIpc) is 2.28. The van der Waals surface area contributed by atoms with E-state index >= 15 is 0 Å². The highest BCUT2D eigenvalue weighted by molar-refractivity contribution is 5.08. The van der Waals surface area contributed by atoms with Gasteiger partial charge < -0.3 is 5.11 Å². The Kier molecular flexibility index (Phi) is 3.54. The molecular formula is C13H20N2O. The molecule has 3 nitrogen and oxygen atoms in total. The zero-order valence-electron chi connectivity index (χ0n) is 10.0. The molecule has 16 heavy (non-hydrogen) atoms. The van der Waals surface area contributed by atoms with Crippen LogP contribution >= 0.6 is 0 Å². The zero-order chi connectivity index (χ0) is 11.5. The van der Waals surface area contributed by atoms with Gasteiger partial charge in [-0.05, 0) is 37.0 Å². The second-order valence-electron chi connectivity index (χ2n) is 5.29. The molecule has 1 aliphatic carbocycles. The quantitative estimate of drug-likeness (QED) is 0.833. The Balaban J connectivity index is 2.07. The van der Waals surface area contributed by atoms with Crippen LogP contribution in [0.5, 0.6) is 0 Å². The minimum Gasteiger partial charge on any atom is -0.388 e. The minimum atomic E-state index is -0.397. The standard InChI is InChI=1S/C13H20N2O/c1-9-3-10(2)5-11(4-9)13(16)12-6-14-8-15-7-12/h6-11,13,16H,3-5H2,1-2H3. The van der Waals surface area contributed by atoms with Crippen molar-refractivity contribution in [1.29, 1.82) is 0 Å². The van der Waals surface area contributed by atoms with Crippen LogP contribution in [0.25, 0.3) is 0 Å². The second-order valence-corrected chi connectivity index (χ2v) is 5.29. The van der Waals surface area contributed by atoms with Crippen molar-refractivity contribution in [2.24, 2.45) is 17.8 Å². The van der Waals surface area contributed by atoms with Crippen LogP contribution in [0.4, 0.5) is 0 Å². The summed E-state index contributed by atoms with van der Waals surface area (Å²) >= 11 is 0. The summed E-state index contributed by atoms with van der Waals surface area (Å²) in [4.78, 5) is 7.94. The molecule has 1 N–H and O–H groups in total. The van der Waals surface area contributed by atoms with E-state index in [9.17, 15) is 5.11 Å². The summed E-state index contributed by atoms with van der Waals surface area (Å²) in [5.74, 6) is 1.80. The number of rotatable bonds is 2. The maximum Gasteiger partial charge on any atom is 0.115 e. The molecule has 88 valence electrons. The van der Waals surface area contributed by atoms with E-state index < -0.39 is 6.10 Å². The van der Waals surface area contributed by atoms with Crippen molar-refractivity contribution in [2.45, 2.75) is 39.2 Å². The van der Waals surface area contributed by atoms with E-state index in [4.69, 9.17) is 0 Å². The molecule has 2 rings (SSSR count). The molecule has 0 radical (unpaired) electrons. The van der Waals surface area contributed by atoms with E-state index in [1.165, 1.54) is 12.7 Å². The van der Waals surface area contributed by atoms with Gasteiger partial charge in [0.25, 0.3) is 0 Å². The van der Waals surface area contributed by atoms with E-state index in [-0.39, 0.29) is 0 Å². The molecule has 0 aliphatic heterocycles. The van der Waals surface area contributed by atoms with Gasteiger partial charge in [-0.3, -0.25) is 0 Å². The number of hydrogen-bond acceptors (Lipinski definition) is 3. The summed E-state index contributed by atoms with van der Waals surface area (Å²) in [5, 5.41) is 10.3. The summed E-state index contributed by atoms with van der Waals surface area (Å²) in [6, 6.07) is 0. The van der Waals surface area contributed by atoms with Gasteiger partial charge in [0.2, 0.25) is 0 Å². The molecular weight excluding hydrogens is 200 g/mol. The van der Waals surface area contributed by atoms with Gasteiger partial charge in [0.05, 0.1) is 6.10 Å². The first-order chi connectivity index (χ1) is 7.66. The average molecular weight is 220 g/mol. The lowest BCUT2D eigenvalue weighted by Crippen LogP contribution is -2.24. The Morgan fingerprint density at radius 3 is 2.25 bits per heavy atom. The number of hydrogen-bond donors (Lipinski definition) is 1. The molecule has 1 aromatic rings. The van der Waals surface area contributed by atoms with Gasteiger partial charge in [0.15, 0.2) is 0 Å². The van der Waals surface area contributed by atoms with Crippen molar-refractivity contribution in [1.82, 2.24) is 9.97 Å². The van der Waals surface area contributed by atoms with Crippen molar-refractivity contribution < 1.29 is 5.11 Å². The maximum absolute atomic E-state index is 10.3.